The highest BCUT2D eigenvalue weighted by molar-refractivity contribution is 5.84. The summed E-state index contributed by atoms with van der Waals surface area (Å²) in [5, 5.41) is 14.5. The van der Waals surface area contributed by atoms with E-state index in [0.717, 1.165) is 6.92 Å². The molecule has 4 N–H and O–H groups in total. The van der Waals surface area contributed by atoms with Gasteiger partial charge in [0.15, 0.2) is 0 Å². The Morgan fingerprint density at radius 2 is 2.00 bits per heavy atom. The van der Waals surface area contributed by atoms with Crippen molar-refractivity contribution >= 4 is 11.8 Å². The van der Waals surface area contributed by atoms with E-state index in [-0.39, 0.29) is 11.3 Å². The van der Waals surface area contributed by atoms with Gasteiger partial charge in [-0.2, -0.15) is 0 Å². The molecular weight excluding hydrogens is 160 g/mol. The molecule has 0 aromatic rings. The molecule has 5 heteroatoms. The maximum absolute atomic E-state index is 9.00. The third kappa shape index (κ3) is 3.34. The average molecular weight is 174 g/mol. The van der Waals surface area contributed by atoms with E-state index in [1.165, 1.54) is 0 Å². The molecule has 0 aliphatic carbocycles. The van der Waals surface area contributed by atoms with Crippen LogP contribution in [0.3, 0.4) is 0 Å². The summed E-state index contributed by atoms with van der Waals surface area (Å²) in [6, 6.07) is 0. The molecule has 0 aromatic heterocycles. The van der Waals surface area contributed by atoms with Crippen LogP contribution in [0.5, 0.6) is 0 Å². The van der Waals surface area contributed by atoms with Gasteiger partial charge in [0.2, 0.25) is 0 Å². The van der Waals surface area contributed by atoms with Gasteiger partial charge in [0, 0.05) is 6.92 Å². The highest BCUT2D eigenvalue weighted by Gasteiger charge is 2.36. The lowest BCUT2D eigenvalue weighted by Gasteiger charge is -2.36. The van der Waals surface area contributed by atoms with Gasteiger partial charge in [0.1, 0.15) is 5.84 Å². The van der Waals surface area contributed by atoms with Crippen molar-refractivity contribution in [1.82, 2.24) is 0 Å². The van der Waals surface area contributed by atoms with E-state index in [9.17, 15) is 0 Å². The number of ether oxygens (including phenoxy) is 1. The van der Waals surface area contributed by atoms with E-state index in [1.54, 1.807) is 0 Å². The van der Waals surface area contributed by atoms with Crippen LogP contribution < -0.4 is 5.73 Å². The van der Waals surface area contributed by atoms with Crippen molar-refractivity contribution in [3.63, 3.8) is 0 Å². The van der Waals surface area contributed by atoms with Crippen LogP contribution in [0, 0.1) is 10.8 Å². The number of nitrogens with two attached hydrogens (primary N) is 1. The van der Waals surface area contributed by atoms with Crippen LogP contribution in [0.2, 0.25) is 0 Å². The molecule has 1 rings (SSSR count). The summed E-state index contributed by atoms with van der Waals surface area (Å²) in [5.41, 5.74) is 5.10. The third-order valence-electron chi connectivity index (χ3n) is 1.49. The van der Waals surface area contributed by atoms with Gasteiger partial charge in [-0.05, 0) is 6.92 Å². The van der Waals surface area contributed by atoms with Gasteiger partial charge in [0.25, 0.3) is 5.97 Å². The number of carboxylic acid groups (broad SMARTS) is 1. The third-order valence-corrected chi connectivity index (χ3v) is 1.49. The van der Waals surface area contributed by atoms with Crippen molar-refractivity contribution in [2.45, 2.75) is 13.8 Å². The van der Waals surface area contributed by atoms with Crippen LogP contribution in [0.1, 0.15) is 13.8 Å². The van der Waals surface area contributed by atoms with Gasteiger partial charge in [-0.15, -0.1) is 0 Å². The number of amidine groups is 1. The smallest absolute Gasteiger partial charge is 0.300 e. The topological polar surface area (TPSA) is 96.4 Å². The molecule has 0 saturated carbocycles. The number of hydrogen-bond acceptors (Lipinski definition) is 3. The molecule has 0 amide bonds. The number of rotatable bonds is 1. The highest BCUT2D eigenvalue weighted by atomic mass is 16.5. The molecular formula is C7H14N2O3. The molecule has 1 aliphatic heterocycles. The lowest BCUT2D eigenvalue weighted by atomic mass is 9.88. The van der Waals surface area contributed by atoms with Crippen molar-refractivity contribution in [3.8, 4) is 0 Å². The van der Waals surface area contributed by atoms with Crippen LogP contribution in [-0.4, -0.2) is 30.1 Å². The second-order valence-corrected chi connectivity index (χ2v) is 2.99. The van der Waals surface area contributed by atoms with Crippen molar-refractivity contribution in [2.75, 3.05) is 13.2 Å². The van der Waals surface area contributed by atoms with E-state index in [2.05, 4.69) is 0 Å². The largest absolute Gasteiger partial charge is 0.481 e. The van der Waals surface area contributed by atoms with Gasteiger partial charge in [-0.1, -0.05) is 0 Å². The Morgan fingerprint density at radius 3 is 2.00 bits per heavy atom. The fourth-order valence-electron chi connectivity index (χ4n) is 0.564. The van der Waals surface area contributed by atoms with Crippen molar-refractivity contribution in [3.05, 3.63) is 0 Å². The lowest BCUT2D eigenvalue weighted by molar-refractivity contribution is -0.134. The van der Waals surface area contributed by atoms with E-state index in [0.29, 0.717) is 13.2 Å². The molecule has 1 fully saturated rings. The number of carboxylic acids is 1. The lowest BCUT2D eigenvalue weighted by Crippen LogP contribution is -2.49. The fraction of sp³-hybridized carbons (Fsp3) is 0.714. The monoisotopic (exact) mass is 174 g/mol. The van der Waals surface area contributed by atoms with Gasteiger partial charge in [-0.25, -0.2) is 0 Å². The molecule has 0 unspecified atom stereocenters. The second kappa shape index (κ2) is 4.06. The summed E-state index contributed by atoms with van der Waals surface area (Å²) < 4.78 is 4.88. The summed E-state index contributed by atoms with van der Waals surface area (Å²) in [6.45, 7) is 4.24. The summed E-state index contributed by atoms with van der Waals surface area (Å²) in [7, 11) is 0. The maximum atomic E-state index is 9.00. The van der Waals surface area contributed by atoms with Crippen LogP contribution in [0.4, 0.5) is 0 Å². The first-order chi connectivity index (χ1) is 5.38. The number of carbonyl (C=O) groups is 1. The maximum Gasteiger partial charge on any atom is 0.300 e. The molecule has 0 spiro atoms. The molecule has 5 nitrogen and oxygen atoms in total. The molecule has 0 atom stereocenters. The Kier molecular flexibility index (Phi) is 3.69. The predicted octanol–water partition coefficient (Wildman–Crippen LogP) is 0.0498. The van der Waals surface area contributed by atoms with Crippen LogP contribution in [0.15, 0.2) is 0 Å². The Balaban J connectivity index is 0.000000261. The normalized spacial score (nSPS) is 18.2. The molecule has 1 heterocycles. The SMILES string of the molecule is CC(=O)O.CC1(C(=N)N)COC1. The zero-order valence-electron chi connectivity index (χ0n) is 7.26. The standard InChI is InChI=1S/C5H10N2O.C2H4O2/c1-5(4(6)7)2-8-3-5;1-2(3)4/h2-3H2,1H3,(H3,6,7);1H3,(H,3,4). The summed E-state index contributed by atoms with van der Waals surface area (Å²) in [4.78, 5) is 9.00. The molecule has 0 radical (unpaired) electrons. The van der Waals surface area contributed by atoms with E-state index in [4.69, 9.17) is 25.8 Å². The average Bonchev–Trinajstić information content (AvgIpc) is 1.81. The Hall–Kier alpha value is -1.10. The van der Waals surface area contributed by atoms with Crippen molar-refractivity contribution in [1.29, 1.82) is 5.41 Å². The quantitative estimate of drug-likeness (QED) is 0.386. The van der Waals surface area contributed by atoms with Crippen LogP contribution in [-0.2, 0) is 9.53 Å². The number of nitrogens with one attached hydrogen (secondary N) is 1. The zero-order valence-corrected chi connectivity index (χ0v) is 7.26. The summed E-state index contributed by atoms with van der Waals surface area (Å²) in [5.74, 6) is -0.594. The highest BCUT2D eigenvalue weighted by Crippen LogP contribution is 2.25. The first-order valence-corrected chi connectivity index (χ1v) is 3.50. The summed E-state index contributed by atoms with van der Waals surface area (Å²) in [6.07, 6.45) is 0. The van der Waals surface area contributed by atoms with Crippen molar-refractivity contribution in [2.24, 2.45) is 11.1 Å². The molecule has 70 valence electrons. The predicted molar refractivity (Wildman–Crippen MR) is 44.1 cm³/mol. The van der Waals surface area contributed by atoms with Crippen LogP contribution in [0.25, 0.3) is 0 Å². The van der Waals surface area contributed by atoms with Gasteiger partial charge < -0.3 is 15.6 Å². The summed E-state index contributed by atoms with van der Waals surface area (Å²) >= 11 is 0. The minimum Gasteiger partial charge on any atom is -0.481 e. The van der Waals surface area contributed by atoms with Gasteiger partial charge in [0.05, 0.1) is 18.6 Å². The molecule has 0 aromatic carbocycles. The first kappa shape index (κ1) is 10.9. The number of aliphatic carboxylic acids is 1. The van der Waals surface area contributed by atoms with Crippen LogP contribution >= 0.6 is 0 Å². The Bertz CT molecular complexity index is 183. The molecule has 1 aliphatic rings. The molecule has 1 saturated heterocycles. The minimum atomic E-state index is -0.833. The van der Waals surface area contributed by atoms with E-state index >= 15 is 0 Å². The van der Waals surface area contributed by atoms with Gasteiger partial charge in [-0.3, -0.25) is 10.2 Å². The Morgan fingerprint density at radius 1 is 1.67 bits per heavy atom. The first-order valence-electron chi connectivity index (χ1n) is 3.50. The second-order valence-electron chi connectivity index (χ2n) is 2.99. The minimum absolute atomic E-state index is 0.139. The zero-order chi connectivity index (χ0) is 9.78. The Labute approximate surface area is 71.0 Å². The fourth-order valence-corrected chi connectivity index (χ4v) is 0.564. The molecule has 12 heavy (non-hydrogen) atoms. The van der Waals surface area contributed by atoms with Gasteiger partial charge >= 0.3 is 0 Å². The van der Waals surface area contributed by atoms with Crippen molar-refractivity contribution < 1.29 is 14.6 Å². The van der Waals surface area contributed by atoms with E-state index in [1.807, 2.05) is 6.92 Å². The number of hydrogen-bond donors (Lipinski definition) is 3. The van der Waals surface area contributed by atoms with E-state index < -0.39 is 5.97 Å². The molecule has 0 bridgehead atoms.